The minimum Gasteiger partial charge on any atom is -0.811 e. The van der Waals surface area contributed by atoms with Crippen LogP contribution in [0.3, 0.4) is 0 Å². The maximum Gasteiger partial charge on any atom is 1.00 e. The molecule has 1 atom stereocenters. The van der Waals surface area contributed by atoms with Gasteiger partial charge in [0.1, 0.15) is 0 Å². The van der Waals surface area contributed by atoms with E-state index in [-0.39, 0.29) is 118 Å². The Labute approximate surface area is 176 Å². The Morgan fingerprint density at radius 2 is 1.27 bits per heavy atom. The van der Waals surface area contributed by atoms with Crippen LogP contribution in [0.5, 0.6) is 0 Å². The zero-order chi connectivity index (χ0) is 9.12. The van der Waals surface area contributed by atoms with E-state index in [1.165, 1.54) is 0 Å². The van der Waals surface area contributed by atoms with Crippen molar-refractivity contribution in [2.24, 2.45) is 0 Å². The van der Waals surface area contributed by atoms with Gasteiger partial charge in [0.25, 0.3) is 0 Å². The second-order valence-corrected chi connectivity index (χ2v) is 5.25. The van der Waals surface area contributed by atoms with E-state index >= 15 is 0 Å². The Morgan fingerprint density at radius 1 is 0.933 bits per heavy atom. The van der Waals surface area contributed by atoms with Crippen LogP contribution >= 0.6 is 15.2 Å². The van der Waals surface area contributed by atoms with Gasteiger partial charge in [-0.3, -0.25) is 0 Å². The van der Waals surface area contributed by atoms with Crippen LogP contribution in [0.4, 0.5) is 0 Å². The Balaban J connectivity index is -0.0000000833. The second-order valence-electron chi connectivity index (χ2n) is 1.75. The smallest absolute Gasteiger partial charge is 0.811 e. The fourth-order valence-electron chi connectivity index (χ4n) is 0.286. The summed E-state index contributed by atoms with van der Waals surface area (Å²) in [4.78, 5) is 29.9. The molecule has 0 aliphatic heterocycles. The third-order valence-electron chi connectivity index (χ3n) is 0.772. The van der Waals surface area contributed by atoms with Crippen molar-refractivity contribution in [3.05, 3.63) is 0 Å². The van der Waals surface area contributed by atoms with Gasteiger partial charge in [-0.05, 0) is 6.16 Å². The summed E-state index contributed by atoms with van der Waals surface area (Å²) < 4.78 is 23.0. The van der Waals surface area contributed by atoms with Crippen molar-refractivity contribution in [2.45, 2.75) is 0 Å². The van der Waals surface area contributed by atoms with Crippen molar-refractivity contribution in [1.29, 1.82) is 0 Å². The molecule has 0 fully saturated rings. The zero-order valence-corrected chi connectivity index (χ0v) is 19.0. The third kappa shape index (κ3) is 23.7. The van der Waals surface area contributed by atoms with Crippen LogP contribution in [0.2, 0.25) is 0 Å². The summed E-state index contributed by atoms with van der Waals surface area (Å²) in [5.74, 6) is 0. The van der Waals surface area contributed by atoms with Crippen LogP contribution < -0.4 is 133 Å². The minimum absolute atomic E-state index is 0. The quantitative estimate of drug-likeness (QED) is 0.235. The van der Waals surface area contributed by atoms with Crippen molar-refractivity contribution in [1.82, 2.24) is 0 Å². The van der Waals surface area contributed by atoms with E-state index < -0.39 is 27.5 Å². The average molecular weight is 295 g/mol. The molecule has 68 valence electrons. The van der Waals surface area contributed by atoms with Crippen LogP contribution in [0, 0.1) is 0 Å². The monoisotopic (exact) mass is 295 g/mol. The van der Waals surface area contributed by atoms with E-state index in [0.717, 1.165) is 0 Å². The Hall–Kier alpha value is 4.26. The standard InChI is InChI=1S/C2H8O7P2.4Na/c3-9-11(7,8)2-1-10(4,5)6;;;;/h3H,1-2H2,(H,7,8)(H2,4,5,6);;;;/q;4*+1/p-3. The molecule has 0 heterocycles. The molecule has 0 spiro atoms. The molecule has 0 saturated carbocycles. The van der Waals surface area contributed by atoms with Gasteiger partial charge in [0.05, 0.1) is 0 Å². The molecular weight excluding hydrogens is 290 g/mol. The Kier molecular flexibility index (Phi) is 30.9. The Morgan fingerprint density at radius 3 is 1.47 bits per heavy atom. The van der Waals surface area contributed by atoms with Crippen LogP contribution in [0.25, 0.3) is 0 Å². The fourth-order valence-corrected chi connectivity index (χ4v) is 2.33. The zero-order valence-electron chi connectivity index (χ0n) is 9.21. The van der Waals surface area contributed by atoms with Gasteiger partial charge in [0.2, 0.25) is 0 Å². The van der Waals surface area contributed by atoms with Crippen molar-refractivity contribution >= 4 is 15.2 Å². The molecule has 0 bridgehead atoms. The normalized spacial score (nSPS) is 13.1. The predicted octanol–water partition coefficient (Wildman–Crippen LogP) is -14.0. The molecule has 0 aromatic carbocycles. The summed E-state index contributed by atoms with van der Waals surface area (Å²) in [6, 6.07) is 0. The van der Waals surface area contributed by atoms with Gasteiger partial charge in [-0.2, -0.15) is 4.67 Å². The van der Waals surface area contributed by atoms with Crippen molar-refractivity contribution < 1.29 is 152 Å². The first-order valence-electron chi connectivity index (χ1n) is 2.41. The molecule has 1 unspecified atom stereocenters. The predicted molar refractivity (Wildman–Crippen MR) is 28.7 cm³/mol. The van der Waals surface area contributed by atoms with E-state index in [1.807, 2.05) is 0 Å². The summed E-state index contributed by atoms with van der Waals surface area (Å²) in [5.41, 5.74) is 0. The van der Waals surface area contributed by atoms with Crippen LogP contribution in [0.15, 0.2) is 0 Å². The largest absolute Gasteiger partial charge is 1.00 e. The molecule has 0 radical (unpaired) electrons. The van der Waals surface area contributed by atoms with Crippen LogP contribution in [-0.4, -0.2) is 17.6 Å². The van der Waals surface area contributed by atoms with Gasteiger partial charge in [0, 0.05) is 6.16 Å². The first-order chi connectivity index (χ1) is 4.77. The molecule has 15 heavy (non-hydrogen) atoms. The molecule has 0 aliphatic rings. The topological polar surface area (TPSA) is 133 Å². The maximum atomic E-state index is 10.2. The second kappa shape index (κ2) is 14.7. The molecule has 13 heteroatoms. The minimum atomic E-state index is -4.84. The third-order valence-corrected chi connectivity index (χ3v) is 2.92. The van der Waals surface area contributed by atoms with Crippen LogP contribution in [0.1, 0.15) is 0 Å². The first-order valence-corrected chi connectivity index (χ1v) is 5.87. The molecule has 0 amide bonds. The number of hydrogen-bond donors (Lipinski definition) is 1. The maximum absolute atomic E-state index is 10.2. The molecule has 1 N–H and O–H groups in total. The van der Waals surface area contributed by atoms with Crippen molar-refractivity contribution in [3.63, 3.8) is 0 Å². The SMILES string of the molecule is O=P([O-])([O-])CCP(=O)([O-])OO.[Na+].[Na+].[Na+].[Na+]. The van der Waals surface area contributed by atoms with Gasteiger partial charge in [-0.25, -0.2) is 5.26 Å². The molecule has 0 rings (SSSR count). The number of hydrogen-bond acceptors (Lipinski definition) is 7. The van der Waals surface area contributed by atoms with Crippen molar-refractivity contribution in [2.75, 3.05) is 12.3 Å². The summed E-state index contributed by atoms with van der Waals surface area (Å²) in [6.45, 7) is 0. The Bertz CT molecular complexity index is 217. The van der Waals surface area contributed by atoms with E-state index in [2.05, 4.69) is 4.67 Å². The molecular formula is C2H5Na4O7P2+. The van der Waals surface area contributed by atoms with Gasteiger partial charge in [0.15, 0.2) is 7.60 Å². The molecule has 7 nitrogen and oxygen atoms in total. The summed E-state index contributed by atoms with van der Waals surface area (Å²) in [5, 5.41) is 7.62. The van der Waals surface area contributed by atoms with Gasteiger partial charge < -0.3 is 23.8 Å². The van der Waals surface area contributed by atoms with E-state index in [1.54, 1.807) is 0 Å². The average Bonchev–Trinajstić information content (AvgIpc) is 1.83. The molecule has 0 aromatic heterocycles. The van der Waals surface area contributed by atoms with E-state index in [9.17, 15) is 23.8 Å². The van der Waals surface area contributed by atoms with Crippen molar-refractivity contribution in [3.8, 4) is 0 Å². The molecule has 0 aliphatic carbocycles. The number of rotatable bonds is 4. The summed E-state index contributed by atoms with van der Waals surface area (Å²) >= 11 is 0. The van der Waals surface area contributed by atoms with E-state index in [0.29, 0.717) is 0 Å². The fraction of sp³-hybridized carbons (Fsp3) is 1.00. The van der Waals surface area contributed by atoms with E-state index in [4.69, 9.17) is 5.26 Å². The van der Waals surface area contributed by atoms with Gasteiger partial charge >= 0.3 is 118 Å². The summed E-state index contributed by atoms with van der Waals surface area (Å²) in [6.07, 6.45) is -2.08. The van der Waals surface area contributed by atoms with Gasteiger partial charge in [-0.15, -0.1) is 0 Å². The first kappa shape index (κ1) is 31.6. The molecule has 0 aromatic rings. The summed E-state index contributed by atoms with van der Waals surface area (Å²) in [7, 11) is -9.38. The molecule has 0 saturated heterocycles. The van der Waals surface area contributed by atoms with Crippen LogP contribution in [-0.2, 0) is 13.8 Å². The van der Waals surface area contributed by atoms with Gasteiger partial charge in [-0.1, -0.05) is 7.60 Å².